The largest absolute Gasteiger partial charge is 0.484 e. The molecule has 1 aliphatic rings. The number of hydrogen-bond donors (Lipinski definition) is 2. The van der Waals surface area contributed by atoms with E-state index in [0.717, 1.165) is 18.5 Å². The molecule has 1 heterocycles. The number of nitrogens with one attached hydrogen (secondary N) is 1. The number of rotatable bonds is 4. The summed E-state index contributed by atoms with van der Waals surface area (Å²) in [6, 6.07) is 7.02. The van der Waals surface area contributed by atoms with Gasteiger partial charge in [-0.15, -0.1) is 11.3 Å². The molecule has 2 aromatic rings. The number of thiazole rings is 1. The molecule has 1 amide bonds. The average molecular weight is 303 g/mol. The van der Waals surface area contributed by atoms with Gasteiger partial charge in [0, 0.05) is 16.6 Å². The van der Waals surface area contributed by atoms with Crippen LogP contribution in [0.3, 0.4) is 0 Å². The Morgan fingerprint density at radius 1 is 1.38 bits per heavy atom. The number of nitrogen functional groups attached to an aromatic ring is 1. The van der Waals surface area contributed by atoms with Crippen LogP contribution in [0.25, 0.3) is 0 Å². The molecule has 110 valence electrons. The van der Waals surface area contributed by atoms with Crippen LogP contribution in [0, 0.1) is 0 Å². The molecule has 0 aliphatic heterocycles. The molecule has 0 radical (unpaired) electrons. The molecule has 0 bridgehead atoms. The molecular formula is C15H17N3O2S. The minimum Gasteiger partial charge on any atom is -0.484 e. The number of benzene rings is 1. The normalized spacial score (nSPS) is 13.5. The fraction of sp³-hybridized carbons (Fsp3) is 0.333. The van der Waals surface area contributed by atoms with Gasteiger partial charge in [0.2, 0.25) is 0 Å². The molecule has 0 spiro atoms. The van der Waals surface area contributed by atoms with E-state index in [1.807, 2.05) is 0 Å². The van der Waals surface area contributed by atoms with Crippen LogP contribution >= 0.6 is 11.3 Å². The van der Waals surface area contributed by atoms with Crippen LogP contribution < -0.4 is 15.8 Å². The third kappa shape index (κ3) is 3.52. The van der Waals surface area contributed by atoms with Crippen LogP contribution in [0.5, 0.6) is 5.75 Å². The maximum Gasteiger partial charge on any atom is 0.264 e. The molecule has 0 saturated carbocycles. The van der Waals surface area contributed by atoms with Gasteiger partial charge in [-0.25, -0.2) is 4.98 Å². The standard InChI is InChI=1S/C15H17N3O2S/c16-10-4-3-5-11(8-10)20-9-14(19)18-15-17-12-6-1-2-7-13(12)21-15/h3-5,8H,1-2,6-7,9,16H2,(H,17,18,19). The van der Waals surface area contributed by atoms with E-state index in [1.165, 1.54) is 17.7 Å². The predicted octanol–water partition coefficient (Wildman–Crippen LogP) is 2.62. The topological polar surface area (TPSA) is 77.2 Å². The number of aromatic nitrogens is 1. The van der Waals surface area contributed by atoms with Gasteiger partial charge in [-0.3, -0.25) is 10.1 Å². The first-order chi connectivity index (χ1) is 10.2. The van der Waals surface area contributed by atoms with E-state index >= 15 is 0 Å². The van der Waals surface area contributed by atoms with Crippen molar-refractivity contribution in [1.82, 2.24) is 4.98 Å². The summed E-state index contributed by atoms with van der Waals surface area (Å²) in [5.41, 5.74) is 7.40. The van der Waals surface area contributed by atoms with Gasteiger partial charge >= 0.3 is 0 Å². The van der Waals surface area contributed by atoms with Gasteiger partial charge in [0.05, 0.1) is 5.69 Å². The molecular weight excluding hydrogens is 286 g/mol. The van der Waals surface area contributed by atoms with Gasteiger partial charge in [0.25, 0.3) is 5.91 Å². The fourth-order valence-corrected chi connectivity index (χ4v) is 3.38. The zero-order valence-electron chi connectivity index (χ0n) is 11.6. The first-order valence-electron chi connectivity index (χ1n) is 6.97. The molecule has 0 atom stereocenters. The molecule has 1 aromatic heterocycles. The number of amides is 1. The monoisotopic (exact) mass is 303 g/mol. The molecule has 1 aliphatic carbocycles. The highest BCUT2D eigenvalue weighted by molar-refractivity contribution is 7.15. The van der Waals surface area contributed by atoms with Crippen LogP contribution in [-0.2, 0) is 17.6 Å². The van der Waals surface area contributed by atoms with Crippen molar-refractivity contribution >= 4 is 28.1 Å². The van der Waals surface area contributed by atoms with Crippen molar-refractivity contribution < 1.29 is 9.53 Å². The van der Waals surface area contributed by atoms with Crippen molar-refractivity contribution in [1.29, 1.82) is 0 Å². The maximum absolute atomic E-state index is 11.9. The van der Waals surface area contributed by atoms with E-state index in [4.69, 9.17) is 10.5 Å². The van der Waals surface area contributed by atoms with Crippen molar-refractivity contribution in [3.8, 4) is 5.75 Å². The van der Waals surface area contributed by atoms with E-state index in [0.29, 0.717) is 16.6 Å². The van der Waals surface area contributed by atoms with Gasteiger partial charge < -0.3 is 10.5 Å². The highest BCUT2D eigenvalue weighted by Crippen LogP contribution is 2.29. The Hall–Kier alpha value is -2.08. The Balaban J connectivity index is 1.55. The minimum absolute atomic E-state index is 0.0479. The highest BCUT2D eigenvalue weighted by Gasteiger charge is 2.16. The molecule has 6 heteroatoms. The lowest BCUT2D eigenvalue weighted by Gasteiger charge is -2.06. The van der Waals surface area contributed by atoms with Crippen LogP contribution in [0.2, 0.25) is 0 Å². The molecule has 0 fully saturated rings. The number of ether oxygens (including phenoxy) is 1. The lowest BCUT2D eigenvalue weighted by molar-refractivity contribution is -0.118. The molecule has 0 unspecified atom stereocenters. The SMILES string of the molecule is Nc1cccc(OCC(=O)Nc2nc3c(s2)CCCC3)c1. The number of fused-ring (bicyclic) bond motifs is 1. The van der Waals surface area contributed by atoms with Crippen LogP contribution in [0.1, 0.15) is 23.4 Å². The number of nitrogens with zero attached hydrogens (tertiary/aromatic N) is 1. The van der Waals surface area contributed by atoms with E-state index in [1.54, 1.807) is 35.6 Å². The van der Waals surface area contributed by atoms with E-state index in [-0.39, 0.29) is 12.5 Å². The molecule has 5 nitrogen and oxygen atoms in total. The Kier molecular flexibility index (Phi) is 4.06. The van der Waals surface area contributed by atoms with E-state index in [2.05, 4.69) is 10.3 Å². The van der Waals surface area contributed by atoms with Crippen molar-refractivity contribution in [3.05, 3.63) is 34.8 Å². The third-order valence-corrected chi connectivity index (χ3v) is 4.39. The second kappa shape index (κ2) is 6.13. The first-order valence-corrected chi connectivity index (χ1v) is 7.79. The quantitative estimate of drug-likeness (QED) is 0.851. The summed E-state index contributed by atoms with van der Waals surface area (Å²) in [5, 5.41) is 3.47. The molecule has 3 N–H and O–H groups in total. The van der Waals surface area contributed by atoms with Gasteiger partial charge in [0.1, 0.15) is 5.75 Å². The number of carbonyl (C=O) groups excluding carboxylic acids is 1. The summed E-state index contributed by atoms with van der Waals surface area (Å²) in [6.07, 6.45) is 4.48. The second-order valence-electron chi connectivity index (χ2n) is 5.01. The third-order valence-electron chi connectivity index (χ3n) is 3.32. The van der Waals surface area contributed by atoms with E-state index < -0.39 is 0 Å². The van der Waals surface area contributed by atoms with Crippen molar-refractivity contribution in [2.24, 2.45) is 0 Å². The van der Waals surface area contributed by atoms with Gasteiger partial charge in [-0.1, -0.05) is 6.07 Å². The Morgan fingerprint density at radius 3 is 3.05 bits per heavy atom. The summed E-state index contributed by atoms with van der Waals surface area (Å²) in [5.74, 6) is 0.382. The lowest BCUT2D eigenvalue weighted by atomic mass is 10.0. The Morgan fingerprint density at radius 2 is 2.24 bits per heavy atom. The summed E-state index contributed by atoms with van der Waals surface area (Å²) < 4.78 is 5.41. The van der Waals surface area contributed by atoms with E-state index in [9.17, 15) is 4.79 Å². The minimum atomic E-state index is -0.205. The summed E-state index contributed by atoms with van der Waals surface area (Å²) in [7, 11) is 0. The fourth-order valence-electron chi connectivity index (χ4n) is 2.31. The number of nitrogens with two attached hydrogens (primary N) is 1. The Bertz CT molecular complexity index is 631. The average Bonchev–Trinajstić information content (AvgIpc) is 2.87. The molecule has 1 aromatic carbocycles. The summed E-state index contributed by atoms with van der Waals surface area (Å²) >= 11 is 1.57. The number of carbonyl (C=O) groups is 1. The zero-order chi connectivity index (χ0) is 14.7. The van der Waals surface area contributed by atoms with Crippen molar-refractivity contribution in [2.45, 2.75) is 25.7 Å². The second-order valence-corrected chi connectivity index (χ2v) is 6.09. The number of aryl methyl sites for hydroxylation is 2. The smallest absolute Gasteiger partial charge is 0.264 e. The lowest BCUT2D eigenvalue weighted by Crippen LogP contribution is -2.20. The van der Waals surface area contributed by atoms with Gasteiger partial charge in [0.15, 0.2) is 11.7 Å². The Labute approximate surface area is 127 Å². The van der Waals surface area contributed by atoms with Crippen molar-refractivity contribution in [2.75, 3.05) is 17.7 Å². The summed E-state index contributed by atoms with van der Waals surface area (Å²) in [4.78, 5) is 17.7. The molecule has 3 rings (SSSR count). The van der Waals surface area contributed by atoms with Gasteiger partial charge in [-0.2, -0.15) is 0 Å². The predicted molar refractivity (Wildman–Crippen MR) is 83.7 cm³/mol. The molecule has 0 saturated heterocycles. The molecule has 21 heavy (non-hydrogen) atoms. The van der Waals surface area contributed by atoms with Crippen LogP contribution in [0.4, 0.5) is 10.8 Å². The van der Waals surface area contributed by atoms with Crippen molar-refractivity contribution in [3.63, 3.8) is 0 Å². The zero-order valence-corrected chi connectivity index (χ0v) is 12.4. The van der Waals surface area contributed by atoms with Crippen LogP contribution in [0.15, 0.2) is 24.3 Å². The summed E-state index contributed by atoms with van der Waals surface area (Å²) in [6.45, 7) is -0.0479. The number of hydrogen-bond acceptors (Lipinski definition) is 5. The highest BCUT2D eigenvalue weighted by atomic mass is 32.1. The van der Waals surface area contributed by atoms with Gasteiger partial charge in [-0.05, 0) is 37.8 Å². The maximum atomic E-state index is 11.9. The number of anilines is 2. The first kappa shape index (κ1) is 13.9. The van der Waals surface area contributed by atoms with Crippen LogP contribution in [-0.4, -0.2) is 17.5 Å².